The first-order chi connectivity index (χ1) is 12.4. The Morgan fingerprint density at radius 3 is 2.31 bits per heavy atom. The standard InChI is InChI=1S/C19H22F2N2O2S/c1-15-14-17(6-7-18(15)20)26(24,25)23-12-10-22(11-13-23)9-8-16-4-2-3-5-19(16)21/h2-7,14H,8-13H2,1H3. The molecule has 0 saturated carbocycles. The van der Waals surface area contributed by atoms with Crippen molar-refractivity contribution >= 4 is 10.0 Å². The van der Waals surface area contributed by atoms with Gasteiger partial charge in [0.25, 0.3) is 0 Å². The fourth-order valence-corrected chi connectivity index (χ4v) is 4.61. The highest BCUT2D eigenvalue weighted by atomic mass is 32.2. The highest BCUT2D eigenvalue weighted by Crippen LogP contribution is 2.20. The third kappa shape index (κ3) is 4.11. The molecule has 4 nitrogen and oxygen atoms in total. The predicted molar refractivity (Wildman–Crippen MR) is 96.4 cm³/mol. The van der Waals surface area contributed by atoms with Crippen molar-refractivity contribution in [2.45, 2.75) is 18.2 Å². The number of sulfonamides is 1. The first kappa shape index (κ1) is 18.9. The van der Waals surface area contributed by atoms with E-state index in [0.29, 0.717) is 50.3 Å². The third-order valence-corrected chi connectivity index (χ3v) is 6.65. The highest BCUT2D eigenvalue weighted by molar-refractivity contribution is 7.89. The van der Waals surface area contributed by atoms with Crippen LogP contribution in [0, 0.1) is 18.6 Å². The second-order valence-electron chi connectivity index (χ2n) is 6.50. The van der Waals surface area contributed by atoms with Gasteiger partial charge in [0.2, 0.25) is 10.0 Å². The second kappa shape index (κ2) is 7.82. The summed E-state index contributed by atoms with van der Waals surface area (Å²) < 4.78 is 53.9. The third-order valence-electron chi connectivity index (χ3n) is 4.75. The summed E-state index contributed by atoms with van der Waals surface area (Å²) in [6.07, 6.45) is 0.594. The summed E-state index contributed by atoms with van der Waals surface area (Å²) in [5, 5.41) is 0. The Labute approximate surface area is 153 Å². The molecular formula is C19H22F2N2O2S. The van der Waals surface area contributed by atoms with Crippen molar-refractivity contribution in [1.82, 2.24) is 9.21 Å². The Hall–Kier alpha value is -1.83. The molecule has 0 spiro atoms. The maximum absolute atomic E-state index is 13.7. The lowest BCUT2D eigenvalue weighted by Gasteiger charge is -2.34. The monoisotopic (exact) mass is 380 g/mol. The van der Waals surface area contributed by atoms with Crippen LogP contribution < -0.4 is 0 Å². The maximum atomic E-state index is 13.7. The van der Waals surface area contributed by atoms with Crippen LogP contribution in [0.5, 0.6) is 0 Å². The van der Waals surface area contributed by atoms with E-state index in [4.69, 9.17) is 0 Å². The lowest BCUT2D eigenvalue weighted by molar-refractivity contribution is 0.190. The van der Waals surface area contributed by atoms with Crippen LogP contribution in [-0.4, -0.2) is 50.3 Å². The van der Waals surface area contributed by atoms with Gasteiger partial charge in [0.1, 0.15) is 11.6 Å². The molecule has 26 heavy (non-hydrogen) atoms. The Balaban J connectivity index is 1.59. The van der Waals surface area contributed by atoms with Crippen LogP contribution in [0.3, 0.4) is 0 Å². The smallest absolute Gasteiger partial charge is 0.243 e. The zero-order chi connectivity index (χ0) is 18.7. The van der Waals surface area contributed by atoms with E-state index in [9.17, 15) is 17.2 Å². The highest BCUT2D eigenvalue weighted by Gasteiger charge is 2.28. The molecule has 0 aliphatic carbocycles. The number of halogens is 2. The zero-order valence-corrected chi connectivity index (χ0v) is 15.5. The van der Waals surface area contributed by atoms with Crippen LogP contribution in [-0.2, 0) is 16.4 Å². The normalized spacial score (nSPS) is 16.7. The van der Waals surface area contributed by atoms with E-state index in [2.05, 4.69) is 4.90 Å². The van der Waals surface area contributed by atoms with Crippen LogP contribution in [0.2, 0.25) is 0 Å². The molecule has 1 saturated heterocycles. The van der Waals surface area contributed by atoms with Crippen molar-refractivity contribution in [2.24, 2.45) is 0 Å². The molecule has 1 aliphatic rings. The van der Waals surface area contributed by atoms with Crippen LogP contribution in [0.1, 0.15) is 11.1 Å². The largest absolute Gasteiger partial charge is 0.300 e. The molecule has 1 heterocycles. The van der Waals surface area contributed by atoms with Gasteiger partial charge in [0.05, 0.1) is 4.90 Å². The average molecular weight is 380 g/mol. The Kier molecular flexibility index (Phi) is 5.70. The molecule has 0 radical (unpaired) electrons. The molecule has 2 aromatic carbocycles. The van der Waals surface area contributed by atoms with Crippen molar-refractivity contribution in [3.8, 4) is 0 Å². The van der Waals surface area contributed by atoms with Crippen molar-refractivity contribution in [3.63, 3.8) is 0 Å². The lowest BCUT2D eigenvalue weighted by atomic mass is 10.1. The molecule has 0 aromatic heterocycles. The van der Waals surface area contributed by atoms with E-state index in [0.717, 1.165) is 0 Å². The Morgan fingerprint density at radius 1 is 0.962 bits per heavy atom. The number of nitrogens with zero attached hydrogens (tertiary/aromatic N) is 2. The van der Waals surface area contributed by atoms with Gasteiger partial charge in [0.15, 0.2) is 0 Å². The molecule has 140 valence electrons. The number of rotatable bonds is 5. The molecule has 0 atom stereocenters. The second-order valence-corrected chi connectivity index (χ2v) is 8.44. The van der Waals surface area contributed by atoms with Gasteiger partial charge in [0, 0.05) is 32.7 Å². The number of aryl methyl sites for hydroxylation is 1. The van der Waals surface area contributed by atoms with E-state index < -0.39 is 15.8 Å². The van der Waals surface area contributed by atoms with E-state index in [1.54, 1.807) is 19.1 Å². The lowest BCUT2D eigenvalue weighted by Crippen LogP contribution is -2.49. The molecule has 0 N–H and O–H groups in total. The first-order valence-corrected chi connectivity index (χ1v) is 10.0. The van der Waals surface area contributed by atoms with Crippen molar-refractivity contribution in [2.75, 3.05) is 32.7 Å². The number of hydrogen-bond acceptors (Lipinski definition) is 3. The summed E-state index contributed by atoms with van der Waals surface area (Å²) in [4.78, 5) is 2.25. The zero-order valence-electron chi connectivity index (χ0n) is 14.7. The molecule has 1 aliphatic heterocycles. The minimum absolute atomic E-state index is 0.121. The van der Waals surface area contributed by atoms with Gasteiger partial charge >= 0.3 is 0 Å². The minimum atomic E-state index is -3.62. The molecule has 0 amide bonds. The van der Waals surface area contributed by atoms with E-state index >= 15 is 0 Å². The molecule has 0 unspecified atom stereocenters. The van der Waals surface area contributed by atoms with Gasteiger partial charge in [-0.3, -0.25) is 0 Å². The first-order valence-electron chi connectivity index (χ1n) is 8.60. The van der Waals surface area contributed by atoms with Gasteiger partial charge in [-0.2, -0.15) is 4.31 Å². The summed E-state index contributed by atoms with van der Waals surface area (Å²) >= 11 is 0. The van der Waals surface area contributed by atoms with Gasteiger partial charge in [-0.05, 0) is 48.7 Å². The van der Waals surface area contributed by atoms with E-state index in [1.807, 2.05) is 6.07 Å². The number of hydrogen-bond donors (Lipinski definition) is 0. The fraction of sp³-hybridized carbons (Fsp3) is 0.368. The van der Waals surface area contributed by atoms with Crippen molar-refractivity contribution in [3.05, 3.63) is 65.2 Å². The fourth-order valence-electron chi connectivity index (χ4n) is 3.10. The van der Waals surface area contributed by atoms with Gasteiger partial charge in [-0.1, -0.05) is 18.2 Å². The molecule has 2 aromatic rings. The maximum Gasteiger partial charge on any atom is 0.243 e. The summed E-state index contributed by atoms with van der Waals surface area (Å²) in [6, 6.07) is 10.6. The predicted octanol–water partition coefficient (Wildman–Crippen LogP) is 2.82. The number of benzene rings is 2. The average Bonchev–Trinajstić information content (AvgIpc) is 2.63. The van der Waals surface area contributed by atoms with Crippen LogP contribution >= 0.6 is 0 Å². The number of piperazine rings is 1. The summed E-state index contributed by atoms with van der Waals surface area (Å²) in [6.45, 7) is 4.16. The SMILES string of the molecule is Cc1cc(S(=O)(=O)N2CCN(CCc3ccccc3F)CC2)ccc1F. The van der Waals surface area contributed by atoms with Crippen molar-refractivity contribution < 1.29 is 17.2 Å². The van der Waals surface area contributed by atoms with Crippen LogP contribution in [0.15, 0.2) is 47.4 Å². The van der Waals surface area contributed by atoms with Crippen LogP contribution in [0.25, 0.3) is 0 Å². The van der Waals surface area contributed by atoms with Gasteiger partial charge in [-0.15, -0.1) is 0 Å². The molecule has 1 fully saturated rings. The Bertz CT molecular complexity index is 879. The minimum Gasteiger partial charge on any atom is -0.300 e. The molecule has 7 heteroatoms. The summed E-state index contributed by atoms with van der Waals surface area (Å²) in [7, 11) is -3.62. The molecular weight excluding hydrogens is 358 g/mol. The van der Waals surface area contributed by atoms with E-state index in [-0.39, 0.29) is 10.7 Å². The van der Waals surface area contributed by atoms with E-state index in [1.165, 1.54) is 28.6 Å². The van der Waals surface area contributed by atoms with Crippen molar-refractivity contribution in [1.29, 1.82) is 0 Å². The van der Waals surface area contributed by atoms with Gasteiger partial charge in [-0.25, -0.2) is 17.2 Å². The molecule has 0 bridgehead atoms. The van der Waals surface area contributed by atoms with Crippen LogP contribution in [0.4, 0.5) is 8.78 Å². The summed E-state index contributed by atoms with van der Waals surface area (Å²) in [5.74, 6) is -0.623. The van der Waals surface area contributed by atoms with Gasteiger partial charge < -0.3 is 4.90 Å². The quantitative estimate of drug-likeness (QED) is 0.801. The topological polar surface area (TPSA) is 40.6 Å². The Morgan fingerprint density at radius 2 is 1.65 bits per heavy atom. The summed E-state index contributed by atoms with van der Waals surface area (Å²) in [5.41, 5.74) is 0.985. The molecule has 3 rings (SSSR count).